The van der Waals surface area contributed by atoms with Gasteiger partial charge in [0.1, 0.15) is 0 Å². The van der Waals surface area contributed by atoms with E-state index in [9.17, 15) is 14.3 Å². The van der Waals surface area contributed by atoms with Crippen molar-refractivity contribution in [3.8, 4) is 16.9 Å². The van der Waals surface area contributed by atoms with Crippen molar-refractivity contribution in [1.29, 1.82) is 0 Å². The van der Waals surface area contributed by atoms with Crippen molar-refractivity contribution >= 4 is 58.8 Å². The lowest BCUT2D eigenvalue weighted by molar-refractivity contribution is 0.101. The topological polar surface area (TPSA) is 65.5 Å². The highest BCUT2D eigenvalue weighted by Crippen LogP contribution is 2.36. The monoisotopic (exact) mass is 541 g/mol. The molecular formula is C26H31Cl3FN3O2. The molecule has 190 valence electrons. The highest BCUT2D eigenvalue weighted by atomic mass is 35.5. The fourth-order valence-electron chi connectivity index (χ4n) is 4.74. The van der Waals surface area contributed by atoms with Crippen molar-refractivity contribution in [1.82, 2.24) is 9.88 Å². The van der Waals surface area contributed by atoms with E-state index < -0.39 is 11.6 Å². The number of phenols is 1. The summed E-state index contributed by atoms with van der Waals surface area (Å²) in [5, 5.41) is 14.1. The minimum Gasteiger partial charge on any atom is -0.504 e. The van der Waals surface area contributed by atoms with Gasteiger partial charge in [0.2, 0.25) is 0 Å². The number of aromatic hydroxyl groups is 1. The molecule has 5 nitrogen and oxygen atoms in total. The van der Waals surface area contributed by atoms with Crippen LogP contribution in [0.5, 0.6) is 5.75 Å². The molecule has 1 fully saturated rings. The number of nitrogens with zero attached hydrogens (tertiary/aromatic N) is 2. The van der Waals surface area contributed by atoms with Crippen molar-refractivity contribution in [2.75, 3.05) is 26.0 Å². The van der Waals surface area contributed by atoms with Gasteiger partial charge in [-0.05, 0) is 88.0 Å². The Hall–Kier alpha value is -2.12. The third kappa shape index (κ3) is 6.56. The fourth-order valence-corrected chi connectivity index (χ4v) is 4.94. The van der Waals surface area contributed by atoms with Gasteiger partial charge in [0, 0.05) is 24.2 Å². The van der Waals surface area contributed by atoms with Gasteiger partial charge in [0.15, 0.2) is 17.3 Å². The van der Waals surface area contributed by atoms with E-state index in [1.54, 1.807) is 13.1 Å². The van der Waals surface area contributed by atoms with Gasteiger partial charge in [-0.3, -0.25) is 9.78 Å². The van der Waals surface area contributed by atoms with E-state index in [1.165, 1.54) is 12.1 Å². The van der Waals surface area contributed by atoms with Crippen molar-refractivity contribution in [2.24, 2.45) is 5.92 Å². The molecule has 0 saturated heterocycles. The number of ketones is 1. The maximum Gasteiger partial charge on any atom is 0.170 e. The number of Topliss-reactive ketones (excluding diaryl/α,β-unsaturated/α-hetero) is 1. The van der Waals surface area contributed by atoms with Crippen molar-refractivity contribution < 1.29 is 14.3 Å². The highest BCUT2D eigenvalue weighted by molar-refractivity contribution is 6.32. The van der Waals surface area contributed by atoms with Crippen molar-refractivity contribution in [3.05, 3.63) is 52.9 Å². The van der Waals surface area contributed by atoms with Gasteiger partial charge in [-0.25, -0.2) is 4.39 Å². The minimum atomic E-state index is -0.777. The first-order valence-corrected chi connectivity index (χ1v) is 11.6. The number of rotatable bonds is 6. The molecule has 0 aliphatic heterocycles. The molecule has 0 radical (unpaired) electrons. The van der Waals surface area contributed by atoms with E-state index in [4.69, 9.17) is 11.6 Å². The number of hydrogen-bond acceptors (Lipinski definition) is 5. The first-order valence-electron chi connectivity index (χ1n) is 11.3. The molecule has 35 heavy (non-hydrogen) atoms. The van der Waals surface area contributed by atoms with Gasteiger partial charge >= 0.3 is 0 Å². The van der Waals surface area contributed by atoms with E-state index in [1.807, 2.05) is 18.2 Å². The van der Waals surface area contributed by atoms with Crippen LogP contribution in [-0.4, -0.2) is 47.5 Å². The number of benzene rings is 2. The summed E-state index contributed by atoms with van der Waals surface area (Å²) in [7, 11) is 4.22. The summed E-state index contributed by atoms with van der Waals surface area (Å²) in [6, 6.07) is 8.65. The molecule has 3 aromatic rings. The molecule has 1 aliphatic rings. The summed E-state index contributed by atoms with van der Waals surface area (Å²) < 4.78 is 14.1. The van der Waals surface area contributed by atoms with Crippen molar-refractivity contribution in [3.63, 3.8) is 0 Å². The number of nitrogens with one attached hydrogen (secondary N) is 1. The molecule has 2 N–H and O–H groups in total. The Kier molecular flexibility index (Phi) is 10.2. The first-order chi connectivity index (χ1) is 15.7. The molecule has 1 saturated carbocycles. The largest absolute Gasteiger partial charge is 0.504 e. The quantitative estimate of drug-likeness (QED) is 0.329. The molecule has 1 heterocycles. The number of fused-ring (bicyclic) bond motifs is 1. The summed E-state index contributed by atoms with van der Waals surface area (Å²) >= 11 is 5.99. The van der Waals surface area contributed by atoms with Gasteiger partial charge in [-0.1, -0.05) is 17.7 Å². The van der Waals surface area contributed by atoms with Crippen LogP contribution in [0.15, 0.2) is 36.5 Å². The molecule has 0 amide bonds. The van der Waals surface area contributed by atoms with Gasteiger partial charge in [0.05, 0.1) is 21.8 Å². The number of halogens is 4. The average Bonchev–Trinajstić information content (AvgIpc) is 2.77. The lowest BCUT2D eigenvalue weighted by Crippen LogP contribution is -2.31. The molecule has 9 heteroatoms. The summed E-state index contributed by atoms with van der Waals surface area (Å²) in [6.45, 7) is 2.64. The Morgan fingerprint density at radius 1 is 1.14 bits per heavy atom. The second kappa shape index (κ2) is 12.2. The third-order valence-corrected chi connectivity index (χ3v) is 6.70. The van der Waals surface area contributed by atoms with Gasteiger partial charge < -0.3 is 15.3 Å². The van der Waals surface area contributed by atoms with E-state index in [2.05, 4.69) is 29.3 Å². The van der Waals surface area contributed by atoms with E-state index in [0.717, 1.165) is 54.4 Å². The molecule has 1 aromatic heterocycles. The summed E-state index contributed by atoms with van der Waals surface area (Å²) in [4.78, 5) is 19.1. The second-order valence-electron chi connectivity index (χ2n) is 9.25. The van der Waals surface area contributed by atoms with Crippen LogP contribution in [0.3, 0.4) is 0 Å². The maximum atomic E-state index is 14.1. The number of pyridine rings is 1. The Labute approximate surface area is 222 Å². The third-order valence-electron chi connectivity index (χ3n) is 6.42. The number of anilines is 1. The molecule has 0 atom stereocenters. The lowest BCUT2D eigenvalue weighted by atomic mass is 9.85. The maximum absolute atomic E-state index is 14.1. The number of carbonyl (C=O) groups is 1. The van der Waals surface area contributed by atoms with Crippen LogP contribution < -0.4 is 5.32 Å². The number of carbonyl (C=O) groups excluding carboxylic acids is 1. The molecule has 0 unspecified atom stereocenters. The normalized spacial score (nSPS) is 17.5. The van der Waals surface area contributed by atoms with Crippen LogP contribution >= 0.6 is 36.4 Å². The summed E-state index contributed by atoms with van der Waals surface area (Å²) in [5.74, 6) is -0.701. The van der Waals surface area contributed by atoms with Crippen LogP contribution in [0.2, 0.25) is 5.02 Å². The van der Waals surface area contributed by atoms with Crippen LogP contribution in [0, 0.1) is 11.7 Å². The fraction of sp³-hybridized carbons (Fsp3) is 0.385. The molecular weight excluding hydrogens is 512 g/mol. The standard InChI is InChI=1S/C26H29ClFN3O2.2ClH/c1-15(32)21-13-29-24-9-6-17(18-11-22(27)26(33)23(28)12-18)10-20(24)25(21)30-19-7-4-16(5-8-19)14-31(2)3;;/h6,9-13,16,19,33H,4-5,7-8,14H2,1-3H3,(H,29,30);2*1H/t16-,19-;;. The molecule has 1 aliphatic carbocycles. The molecule has 4 rings (SSSR count). The smallest absolute Gasteiger partial charge is 0.170 e. The van der Waals surface area contributed by atoms with Crippen LogP contribution in [0.1, 0.15) is 43.0 Å². The Morgan fingerprint density at radius 2 is 1.83 bits per heavy atom. The van der Waals surface area contributed by atoms with Crippen LogP contribution in [0.4, 0.5) is 10.1 Å². The highest BCUT2D eigenvalue weighted by Gasteiger charge is 2.24. The van der Waals surface area contributed by atoms with Gasteiger partial charge in [0.25, 0.3) is 0 Å². The van der Waals surface area contributed by atoms with Crippen LogP contribution in [-0.2, 0) is 0 Å². The molecule has 0 bridgehead atoms. The zero-order chi connectivity index (χ0) is 23.7. The van der Waals surface area contributed by atoms with Gasteiger partial charge in [-0.2, -0.15) is 0 Å². The predicted molar refractivity (Wildman–Crippen MR) is 146 cm³/mol. The minimum absolute atomic E-state index is 0. The number of phenolic OH excluding ortho intramolecular Hbond substituents is 1. The Bertz CT molecular complexity index is 1170. The number of hydrogen-bond donors (Lipinski definition) is 2. The SMILES string of the molecule is CC(=O)c1cnc2ccc(-c3cc(F)c(O)c(Cl)c3)cc2c1N[C@H]1CC[C@H](CN(C)C)CC1.Cl.Cl. The Morgan fingerprint density at radius 3 is 2.43 bits per heavy atom. The second-order valence-corrected chi connectivity index (χ2v) is 9.65. The zero-order valence-corrected chi connectivity index (χ0v) is 22.4. The molecule has 0 spiro atoms. The summed E-state index contributed by atoms with van der Waals surface area (Å²) in [6.07, 6.45) is 5.99. The van der Waals surface area contributed by atoms with Crippen molar-refractivity contribution in [2.45, 2.75) is 38.6 Å². The van der Waals surface area contributed by atoms with Gasteiger partial charge in [-0.15, -0.1) is 24.8 Å². The Balaban J connectivity index is 0.00000216. The van der Waals surface area contributed by atoms with E-state index in [0.29, 0.717) is 17.0 Å². The van der Waals surface area contributed by atoms with E-state index >= 15 is 0 Å². The average molecular weight is 543 g/mol. The van der Waals surface area contributed by atoms with E-state index in [-0.39, 0.29) is 41.7 Å². The molecule has 2 aromatic carbocycles. The summed E-state index contributed by atoms with van der Waals surface area (Å²) in [5.41, 5.74) is 3.34. The zero-order valence-electron chi connectivity index (χ0n) is 20.0. The number of aromatic nitrogens is 1. The first kappa shape index (κ1) is 29.1. The predicted octanol–water partition coefficient (Wildman–Crippen LogP) is 6.98. The van der Waals surface area contributed by atoms with Crippen LogP contribution in [0.25, 0.3) is 22.0 Å². The lowest BCUT2D eigenvalue weighted by Gasteiger charge is -2.32.